The Morgan fingerprint density at radius 2 is 1.42 bits per heavy atom. The van der Waals surface area contributed by atoms with Crippen molar-refractivity contribution in [3.63, 3.8) is 0 Å². The predicted molar refractivity (Wildman–Crippen MR) is 153 cm³/mol. The van der Waals surface area contributed by atoms with Crippen molar-refractivity contribution >= 4 is 55.5 Å². The molecular weight excluding hydrogens is 552 g/mol. The van der Waals surface area contributed by atoms with Gasteiger partial charge in [-0.2, -0.15) is 0 Å². The van der Waals surface area contributed by atoms with Gasteiger partial charge in [-0.1, -0.05) is 97.4 Å². The van der Waals surface area contributed by atoms with Crippen LogP contribution in [-0.2, 0) is 15.4 Å². The van der Waals surface area contributed by atoms with Gasteiger partial charge >= 0.3 is 8.32 Å². The lowest BCUT2D eigenvalue weighted by Gasteiger charge is -2.43. The molecule has 1 heterocycles. The Hall–Kier alpha value is -2.52. The molecule has 0 unspecified atom stereocenters. The standard InChI is InChI=1S/C28H31BrN2O3SSi/c1-28(2,3)36(22-12-8-6-9-13-22,23-14-10-7-11-15-23)34-25-18-19-26(35(32,33)31(4)5)24-17-16-21(20-29)30-27(24)25/h6-19H,20H2,1-5H3. The third kappa shape index (κ3) is 4.63. The summed E-state index contributed by atoms with van der Waals surface area (Å²) in [6.45, 7) is 6.64. The van der Waals surface area contributed by atoms with Gasteiger partial charge in [-0.05, 0) is 39.7 Å². The molecule has 3 aromatic carbocycles. The average molecular weight is 584 g/mol. The van der Waals surface area contributed by atoms with E-state index < -0.39 is 18.3 Å². The first-order valence-corrected chi connectivity index (χ1v) is 16.2. The summed E-state index contributed by atoms with van der Waals surface area (Å²) in [5.41, 5.74) is 1.34. The highest BCUT2D eigenvalue weighted by Crippen LogP contribution is 2.40. The molecule has 0 saturated heterocycles. The minimum atomic E-state index is -3.68. The molecule has 5 nitrogen and oxygen atoms in total. The van der Waals surface area contributed by atoms with Crippen molar-refractivity contribution in [1.29, 1.82) is 0 Å². The predicted octanol–water partition coefficient (Wildman–Crippen LogP) is 5.32. The highest BCUT2D eigenvalue weighted by Gasteiger charge is 2.52. The molecule has 0 radical (unpaired) electrons. The monoisotopic (exact) mass is 582 g/mol. The van der Waals surface area contributed by atoms with Crippen LogP contribution in [0.5, 0.6) is 5.75 Å². The first-order chi connectivity index (χ1) is 17.0. The van der Waals surface area contributed by atoms with Crippen molar-refractivity contribution in [3.8, 4) is 5.75 Å². The van der Waals surface area contributed by atoms with E-state index in [0.717, 1.165) is 16.1 Å². The Kier molecular flexibility index (Phi) is 7.44. The number of sulfonamides is 1. The van der Waals surface area contributed by atoms with Gasteiger partial charge in [0.1, 0.15) is 11.3 Å². The van der Waals surface area contributed by atoms with Crippen LogP contribution in [0, 0.1) is 0 Å². The van der Waals surface area contributed by atoms with Crippen LogP contribution >= 0.6 is 15.9 Å². The van der Waals surface area contributed by atoms with Crippen molar-refractivity contribution < 1.29 is 12.8 Å². The first kappa shape index (κ1) is 26.5. The molecule has 8 heteroatoms. The van der Waals surface area contributed by atoms with Crippen LogP contribution in [0.2, 0.25) is 5.04 Å². The molecule has 0 aliphatic carbocycles. The second-order valence-electron chi connectivity index (χ2n) is 9.95. The van der Waals surface area contributed by atoms with E-state index in [1.165, 1.54) is 18.4 Å². The quantitative estimate of drug-likeness (QED) is 0.218. The van der Waals surface area contributed by atoms with Crippen LogP contribution in [0.3, 0.4) is 0 Å². The van der Waals surface area contributed by atoms with E-state index in [1.54, 1.807) is 12.1 Å². The summed E-state index contributed by atoms with van der Waals surface area (Å²) in [6.07, 6.45) is 0. The summed E-state index contributed by atoms with van der Waals surface area (Å²) in [7, 11) is -3.54. The molecule has 0 atom stereocenters. The third-order valence-electron chi connectivity index (χ3n) is 6.41. The molecule has 4 aromatic rings. The second kappa shape index (κ2) is 10.1. The zero-order chi connectivity index (χ0) is 26.1. The molecular formula is C28H31BrN2O3SSi. The van der Waals surface area contributed by atoms with Crippen LogP contribution in [0.15, 0.2) is 89.8 Å². The molecule has 0 aliphatic heterocycles. The molecule has 188 valence electrons. The number of benzene rings is 3. The zero-order valence-electron chi connectivity index (χ0n) is 21.2. The van der Waals surface area contributed by atoms with Crippen LogP contribution in [0.25, 0.3) is 10.9 Å². The number of hydrogen-bond acceptors (Lipinski definition) is 4. The molecule has 0 N–H and O–H groups in total. The van der Waals surface area contributed by atoms with E-state index in [9.17, 15) is 8.42 Å². The highest BCUT2D eigenvalue weighted by atomic mass is 79.9. The summed E-state index contributed by atoms with van der Waals surface area (Å²) >= 11 is 3.49. The molecule has 0 amide bonds. The molecule has 1 aromatic heterocycles. The zero-order valence-corrected chi connectivity index (χ0v) is 24.6. The van der Waals surface area contributed by atoms with Crippen LogP contribution < -0.4 is 14.8 Å². The fourth-order valence-electron chi connectivity index (χ4n) is 4.60. The van der Waals surface area contributed by atoms with Gasteiger partial charge in [-0.25, -0.2) is 17.7 Å². The lowest BCUT2D eigenvalue weighted by Crippen LogP contribution is -2.68. The molecule has 0 aliphatic rings. The van der Waals surface area contributed by atoms with Crippen LogP contribution in [0.1, 0.15) is 26.5 Å². The normalized spacial score (nSPS) is 12.8. The maximum Gasteiger partial charge on any atom is 0.320 e. The number of alkyl halides is 1. The number of pyridine rings is 1. The second-order valence-corrected chi connectivity index (χ2v) is 16.8. The van der Waals surface area contributed by atoms with Crippen molar-refractivity contribution in [2.75, 3.05) is 14.1 Å². The lowest BCUT2D eigenvalue weighted by molar-refractivity contribution is 0.510. The van der Waals surface area contributed by atoms with Gasteiger partial charge in [0.05, 0.1) is 10.6 Å². The fraction of sp³-hybridized carbons (Fsp3) is 0.250. The third-order valence-corrected chi connectivity index (χ3v) is 13.8. The van der Waals surface area contributed by atoms with Gasteiger partial charge in [0.2, 0.25) is 10.0 Å². The van der Waals surface area contributed by atoms with Gasteiger partial charge in [0.25, 0.3) is 0 Å². The smallest absolute Gasteiger partial charge is 0.320 e. The van der Waals surface area contributed by atoms with E-state index in [2.05, 4.69) is 61.0 Å². The Morgan fingerprint density at radius 1 is 0.861 bits per heavy atom. The van der Waals surface area contributed by atoms with E-state index in [4.69, 9.17) is 9.41 Å². The van der Waals surface area contributed by atoms with Crippen LogP contribution in [-0.4, -0.2) is 40.1 Å². The van der Waals surface area contributed by atoms with E-state index in [-0.39, 0.29) is 9.93 Å². The van der Waals surface area contributed by atoms with Crippen molar-refractivity contribution in [3.05, 3.63) is 90.6 Å². The van der Waals surface area contributed by atoms with Crippen molar-refractivity contribution in [1.82, 2.24) is 9.29 Å². The van der Waals surface area contributed by atoms with Gasteiger partial charge < -0.3 is 4.43 Å². The van der Waals surface area contributed by atoms with Crippen LogP contribution in [0.4, 0.5) is 0 Å². The Bertz CT molecular complexity index is 1430. The Labute approximate surface area is 223 Å². The van der Waals surface area contributed by atoms with Crippen molar-refractivity contribution in [2.24, 2.45) is 0 Å². The van der Waals surface area contributed by atoms with E-state index >= 15 is 0 Å². The SMILES string of the molecule is CN(C)S(=O)(=O)c1ccc(O[Si](c2ccccc2)(c2ccccc2)C(C)(C)C)c2nc(CBr)ccc12. The summed E-state index contributed by atoms with van der Waals surface area (Å²) < 4.78 is 34.8. The number of hydrogen-bond donors (Lipinski definition) is 0. The molecule has 0 fully saturated rings. The summed E-state index contributed by atoms with van der Waals surface area (Å²) in [6, 6.07) is 27.8. The summed E-state index contributed by atoms with van der Waals surface area (Å²) in [5.74, 6) is 0.583. The van der Waals surface area contributed by atoms with Gasteiger partial charge in [-0.15, -0.1) is 0 Å². The Morgan fingerprint density at radius 3 is 1.89 bits per heavy atom. The first-order valence-electron chi connectivity index (χ1n) is 11.7. The summed E-state index contributed by atoms with van der Waals surface area (Å²) in [4.78, 5) is 5.06. The summed E-state index contributed by atoms with van der Waals surface area (Å²) in [5, 5.41) is 3.12. The van der Waals surface area contributed by atoms with Crippen molar-refractivity contribution in [2.45, 2.75) is 36.0 Å². The topological polar surface area (TPSA) is 59.5 Å². The number of rotatable bonds is 7. The molecule has 0 spiro atoms. The van der Waals surface area contributed by atoms with E-state index in [1.807, 2.05) is 48.5 Å². The molecule has 0 saturated carbocycles. The fourth-order valence-corrected chi connectivity index (χ4v) is 10.4. The van der Waals surface area contributed by atoms with Gasteiger partial charge in [0, 0.05) is 24.8 Å². The largest absolute Gasteiger partial charge is 0.533 e. The van der Waals surface area contributed by atoms with Gasteiger partial charge in [0.15, 0.2) is 0 Å². The lowest BCUT2D eigenvalue weighted by atomic mass is 10.2. The number of nitrogens with zero attached hydrogens (tertiary/aromatic N) is 2. The highest BCUT2D eigenvalue weighted by molar-refractivity contribution is 9.08. The maximum absolute atomic E-state index is 13.2. The number of fused-ring (bicyclic) bond motifs is 1. The maximum atomic E-state index is 13.2. The van der Waals surface area contributed by atoms with Gasteiger partial charge in [-0.3, -0.25) is 0 Å². The minimum Gasteiger partial charge on any atom is -0.533 e. The minimum absolute atomic E-state index is 0.214. The Balaban J connectivity index is 2.06. The molecule has 4 rings (SSSR count). The number of aromatic nitrogens is 1. The van der Waals surface area contributed by atoms with E-state index in [0.29, 0.717) is 22.0 Å². The molecule has 36 heavy (non-hydrogen) atoms. The number of halogens is 1. The molecule has 0 bridgehead atoms. The average Bonchev–Trinajstić information content (AvgIpc) is 2.87.